The van der Waals surface area contributed by atoms with Crippen molar-refractivity contribution in [3.8, 4) is 0 Å². The third-order valence-electron chi connectivity index (χ3n) is 1.75. The maximum absolute atomic E-state index is 3.23. The van der Waals surface area contributed by atoms with Crippen molar-refractivity contribution in [1.29, 1.82) is 0 Å². The van der Waals surface area contributed by atoms with E-state index in [1.54, 1.807) is 0 Å². The maximum atomic E-state index is 3.23. The van der Waals surface area contributed by atoms with Crippen LogP contribution < -0.4 is 5.32 Å². The van der Waals surface area contributed by atoms with Crippen molar-refractivity contribution in [2.24, 2.45) is 0 Å². The van der Waals surface area contributed by atoms with Gasteiger partial charge in [-0.05, 0) is 27.1 Å². The SMILES string of the molecule is CCC(NC)N(C)CC. The van der Waals surface area contributed by atoms with Gasteiger partial charge in [-0.3, -0.25) is 4.90 Å². The van der Waals surface area contributed by atoms with E-state index in [2.05, 4.69) is 31.1 Å². The van der Waals surface area contributed by atoms with Crippen molar-refractivity contribution in [2.75, 3.05) is 20.6 Å². The third kappa shape index (κ3) is 2.82. The molecular formula is C7H18N2. The molecule has 0 aliphatic rings. The van der Waals surface area contributed by atoms with Gasteiger partial charge in [-0.1, -0.05) is 13.8 Å². The van der Waals surface area contributed by atoms with Crippen molar-refractivity contribution in [1.82, 2.24) is 10.2 Å². The first-order valence-electron chi connectivity index (χ1n) is 3.63. The van der Waals surface area contributed by atoms with Gasteiger partial charge in [0.2, 0.25) is 0 Å². The molecule has 0 aromatic carbocycles. The molecule has 0 aliphatic carbocycles. The van der Waals surface area contributed by atoms with E-state index in [4.69, 9.17) is 0 Å². The minimum Gasteiger partial charge on any atom is -0.305 e. The molecule has 9 heavy (non-hydrogen) atoms. The van der Waals surface area contributed by atoms with Crippen LogP contribution in [-0.4, -0.2) is 31.7 Å². The van der Waals surface area contributed by atoms with Gasteiger partial charge < -0.3 is 5.32 Å². The van der Waals surface area contributed by atoms with E-state index in [0.29, 0.717) is 6.17 Å². The van der Waals surface area contributed by atoms with Gasteiger partial charge in [-0.15, -0.1) is 0 Å². The molecule has 1 unspecified atom stereocenters. The normalized spacial score (nSPS) is 14.3. The summed E-state index contributed by atoms with van der Waals surface area (Å²) in [6.45, 7) is 5.46. The van der Waals surface area contributed by atoms with E-state index >= 15 is 0 Å². The lowest BCUT2D eigenvalue weighted by molar-refractivity contribution is 0.218. The summed E-state index contributed by atoms with van der Waals surface area (Å²) in [7, 11) is 4.13. The Labute approximate surface area is 58.2 Å². The zero-order valence-electron chi connectivity index (χ0n) is 6.94. The van der Waals surface area contributed by atoms with Crippen LogP contribution in [-0.2, 0) is 0 Å². The van der Waals surface area contributed by atoms with E-state index in [9.17, 15) is 0 Å². The quantitative estimate of drug-likeness (QED) is 0.569. The van der Waals surface area contributed by atoms with Crippen LogP contribution in [0.5, 0.6) is 0 Å². The lowest BCUT2D eigenvalue weighted by atomic mass is 10.3. The van der Waals surface area contributed by atoms with Crippen molar-refractivity contribution in [3.63, 3.8) is 0 Å². The van der Waals surface area contributed by atoms with Crippen LogP contribution in [0.3, 0.4) is 0 Å². The molecule has 0 saturated heterocycles. The second-order valence-corrected chi connectivity index (χ2v) is 2.29. The standard InChI is InChI=1S/C7H18N2/c1-5-7(8-3)9(4)6-2/h7-8H,5-6H2,1-4H3. The second kappa shape index (κ2) is 4.77. The van der Waals surface area contributed by atoms with Gasteiger partial charge in [0, 0.05) is 0 Å². The predicted octanol–water partition coefficient (Wildman–Crippen LogP) is 0.894. The van der Waals surface area contributed by atoms with Crippen molar-refractivity contribution >= 4 is 0 Å². The van der Waals surface area contributed by atoms with Crippen LogP contribution in [0, 0.1) is 0 Å². The average molecular weight is 130 g/mol. The van der Waals surface area contributed by atoms with E-state index in [1.807, 2.05) is 7.05 Å². The molecule has 0 fully saturated rings. The lowest BCUT2D eigenvalue weighted by Crippen LogP contribution is -2.40. The molecular weight excluding hydrogens is 112 g/mol. The highest BCUT2D eigenvalue weighted by molar-refractivity contribution is 4.59. The average Bonchev–Trinajstić information content (AvgIpc) is 1.90. The maximum Gasteiger partial charge on any atom is 0.0589 e. The first kappa shape index (κ1) is 8.92. The number of rotatable bonds is 4. The summed E-state index contributed by atoms with van der Waals surface area (Å²) >= 11 is 0. The van der Waals surface area contributed by atoms with Crippen LogP contribution in [0.2, 0.25) is 0 Å². The lowest BCUT2D eigenvalue weighted by Gasteiger charge is -2.24. The molecule has 0 amide bonds. The van der Waals surface area contributed by atoms with Gasteiger partial charge in [0.1, 0.15) is 0 Å². The fourth-order valence-corrected chi connectivity index (χ4v) is 0.957. The summed E-state index contributed by atoms with van der Waals surface area (Å²) in [5.41, 5.74) is 0. The first-order valence-corrected chi connectivity index (χ1v) is 3.63. The van der Waals surface area contributed by atoms with Gasteiger partial charge in [0.15, 0.2) is 0 Å². The van der Waals surface area contributed by atoms with E-state index < -0.39 is 0 Å². The Morgan fingerprint density at radius 2 is 2.00 bits per heavy atom. The molecule has 2 nitrogen and oxygen atoms in total. The van der Waals surface area contributed by atoms with E-state index in [0.717, 1.165) is 6.54 Å². The Kier molecular flexibility index (Phi) is 4.72. The Morgan fingerprint density at radius 1 is 1.44 bits per heavy atom. The Morgan fingerprint density at radius 3 is 2.11 bits per heavy atom. The minimum atomic E-state index is 0.551. The molecule has 1 N–H and O–H groups in total. The Bertz CT molecular complexity index is 59.9. The molecule has 0 bridgehead atoms. The number of hydrogen-bond donors (Lipinski definition) is 1. The highest BCUT2D eigenvalue weighted by Gasteiger charge is 2.05. The Balaban J connectivity index is 3.50. The van der Waals surface area contributed by atoms with Crippen LogP contribution in [0.1, 0.15) is 20.3 Å². The van der Waals surface area contributed by atoms with Crippen molar-refractivity contribution in [3.05, 3.63) is 0 Å². The first-order chi connectivity index (χ1) is 4.26. The smallest absolute Gasteiger partial charge is 0.0589 e. The fourth-order valence-electron chi connectivity index (χ4n) is 0.957. The van der Waals surface area contributed by atoms with Gasteiger partial charge in [-0.2, -0.15) is 0 Å². The van der Waals surface area contributed by atoms with Gasteiger partial charge in [0.05, 0.1) is 6.17 Å². The van der Waals surface area contributed by atoms with Crippen LogP contribution >= 0.6 is 0 Å². The highest BCUT2D eigenvalue weighted by Crippen LogP contribution is 1.94. The largest absolute Gasteiger partial charge is 0.305 e. The monoisotopic (exact) mass is 130 g/mol. The molecule has 0 rings (SSSR count). The topological polar surface area (TPSA) is 15.3 Å². The van der Waals surface area contributed by atoms with Gasteiger partial charge in [0.25, 0.3) is 0 Å². The molecule has 0 heterocycles. The van der Waals surface area contributed by atoms with Crippen LogP contribution in [0.25, 0.3) is 0 Å². The van der Waals surface area contributed by atoms with Crippen LogP contribution in [0.4, 0.5) is 0 Å². The predicted molar refractivity (Wildman–Crippen MR) is 41.4 cm³/mol. The summed E-state index contributed by atoms with van der Waals surface area (Å²) in [6.07, 6.45) is 1.72. The molecule has 1 atom stereocenters. The minimum absolute atomic E-state index is 0.551. The molecule has 0 aromatic rings. The molecule has 0 radical (unpaired) electrons. The summed E-state index contributed by atoms with van der Waals surface area (Å²) in [6, 6.07) is 0. The molecule has 0 aliphatic heterocycles. The molecule has 0 saturated carbocycles. The molecule has 0 aromatic heterocycles. The van der Waals surface area contributed by atoms with Crippen molar-refractivity contribution in [2.45, 2.75) is 26.4 Å². The molecule has 2 heteroatoms. The summed E-state index contributed by atoms with van der Waals surface area (Å²) in [5.74, 6) is 0. The van der Waals surface area contributed by atoms with E-state index in [1.165, 1.54) is 6.42 Å². The fraction of sp³-hybridized carbons (Fsp3) is 1.00. The number of hydrogen-bond acceptors (Lipinski definition) is 2. The van der Waals surface area contributed by atoms with Crippen molar-refractivity contribution < 1.29 is 0 Å². The molecule has 0 spiro atoms. The Hall–Kier alpha value is -0.0800. The third-order valence-corrected chi connectivity index (χ3v) is 1.75. The summed E-state index contributed by atoms with van der Waals surface area (Å²) in [5, 5.41) is 3.23. The zero-order valence-corrected chi connectivity index (χ0v) is 6.94. The van der Waals surface area contributed by atoms with Crippen LogP contribution in [0.15, 0.2) is 0 Å². The molecule has 56 valence electrons. The van der Waals surface area contributed by atoms with Gasteiger partial charge >= 0.3 is 0 Å². The number of nitrogens with one attached hydrogen (secondary N) is 1. The van der Waals surface area contributed by atoms with E-state index in [-0.39, 0.29) is 0 Å². The zero-order chi connectivity index (χ0) is 7.28. The van der Waals surface area contributed by atoms with Gasteiger partial charge in [-0.25, -0.2) is 0 Å². The summed E-state index contributed by atoms with van der Waals surface area (Å²) in [4.78, 5) is 2.29. The second-order valence-electron chi connectivity index (χ2n) is 2.29. The summed E-state index contributed by atoms with van der Waals surface area (Å²) < 4.78 is 0. The highest BCUT2D eigenvalue weighted by atomic mass is 15.2. The number of nitrogens with zero attached hydrogens (tertiary/aromatic N) is 1.